The van der Waals surface area contributed by atoms with Crippen molar-refractivity contribution in [1.29, 1.82) is 0 Å². The molecule has 0 spiro atoms. The molecule has 0 radical (unpaired) electrons. The minimum Gasteiger partial charge on any atom is -0.508 e. The molecule has 0 atom stereocenters. The summed E-state index contributed by atoms with van der Waals surface area (Å²) in [6.07, 6.45) is 8.89. The fourth-order valence-corrected chi connectivity index (χ4v) is 4.36. The van der Waals surface area contributed by atoms with Crippen molar-refractivity contribution in [2.24, 2.45) is 0 Å². The minimum absolute atomic E-state index is 0.282. The molecule has 1 aliphatic rings. The summed E-state index contributed by atoms with van der Waals surface area (Å²) in [6, 6.07) is 17.7. The van der Waals surface area contributed by atoms with Gasteiger partial charge in [0, 0.05) is 18.3 Å². The summed E-state index contributed by atoms with van der Waals surface area (Å²) in [5.41, 5.74) is 3.78. The number of nitrogens with one attached hydrogen (secondary N) is 2. The monoisotopic (exact) mass is 428 g/mol. The van der Waals surface area contributed by atoms with Gasteiger partial charge in [-0.2, -0.15) is 9.97 Å². The number of phenols is 1. The molecule has 1 saturated carbocycles. The Morgan fingerprint density at radius 3 is 2.50 bits per heavy atom. The van der Waals surface area contributed by atoms with E-state index in [4.69, 9.17) is 15.0 Å². The van der Waals surface area contributed by atoms with Crippen LogP contribution in [0.1, 0.15) is 43.7 Å². The summed E-state index contributed by atoms with van der Waals surface area (Å²) in [5.74, 6) is 1.58. The number of rotatable bonds is 7. The Hall–Kier alpha value is -3.61. The molecule has 164 valence electrons. The van der Waals surface area contributed by atoms with Gasteiger partial charge in [0.25, 0.3) is 0 Å². The van der Waals surface area contributed by atoms with Gasteiger partial charge in [-0.25, -0.2) is 4.98 Å². The first-order valence-electron chi connectivity index (χ1n) is 11.3. The van der Waals surface area contributed by atoms with Gasteiger partial charge in [-0.05, 0) is 49.1 Å². The van der Waals surface area contributed by atoms with Crippen molar-refractivity contribution in [3.63, 3.8) is 0 Å². The summed E-state index contributed by atoms with van der Waals surface area (Å²) < 4.78 is 2.23. The Balaban J connectivity index is 1.43. The predicted molar refractivity (Wildman–Crippen MR) is 127 cm³/mol. The highest BCUT2D eigenvalue weighted by Crippen LogP contribution is 2.32. The lowest BCUT2D eigenvalue weighted by atomic mass is 9.95. The number of hydrogen-bond donors (Lipinski definition) is 3. The highest BCUT2D eigenvalue weighted by Gasteiger charge is 2.21. The van der Waals surface area contributed by atoms with E-state index in [0.717, 1.165) is 34.7 Å². The van der Waals surface area contributed by atoms with Gasteiger partial charge in [-0.15, -0.1) is 0 Å². The lowest BCUT2D eigenvalue weighted by molar-refractivity contribution is 0.358. The lowest BCUT2D eigenvalue weighted by Gasteiger charge is -2.23. The molecule has 0 amide bonds. The first-order valence-corrected chi connectivity index (χ1v) is 11.3. The molecule has 32 heavy (non-hydrogen) atoms. The second-order valence-electron chi connectivity index (χ2n) is 8.35. The van der Waals surface area contributed by atoms with E-state index in [1.807, 2.05) is 48.8 Å². The maximum Gasteiger partial charge on any atom is 0.231 e. The Morgan fingerprint density at radius 1 is 0.938 bits per heavy atom. The zero-order valence-electron chi connectivity index (χ0n) is 18.0. The molecule has 2 aromatic carbocycles. The molecule has 7 nitrogen and oxygen atoms in total. The van der Waals surface area contributed by atoms with E-state index >= 15 is 0 Å². The average Bonchev–Trinajstić information content (AvgIpc) is 3.26. The molecular formula is C25H28N6O. The fraction of sp³-hybridized carbons (Fsp3) is 0.320. The van der Waals surface area contributed by atoms with Crippen molar-refractivity contribution in [3.8, 4) is 5.75 Å². The highest BCUT2D eigenvalue weighted by molar-refractivity contribution is 5.84. The van der Waals surface area contributed by atoms with E-state index in [1.54, 1.807) is 12.1 Å². The van der Waals surface area contributed by atoms with Crippen molar-refractivity contribution in [3.05, 3.63) is 66.5 Å². The third kappa shape index (κ3) is 4.51. The van der Waals surface area contributed by atoms with Crippen LogP contribution in [0, 0.1) is 0 Å². The molecule has 0 bridgehead atoms. The average molecular weight is 429 g/mol. The molecular weight excluding hydrogens is 400 g/mol. The second kappa shape index (κ2) is 9.26. The van der Waals surface area contributed by atoms with Gasteiger partial charge in [0.1, 0.15) is 5.75 Å². The minimum atomic E-state index is 0.282. The number of anilines is 3. The number of aromatic hydroxyl groups is 1. The Kier molecular flexibility index (Phi) is 5.87. The summed E-state index contributed by atoms with van der Waals surface area (Å²) >= 11 is 0. The first-order chi connectivity index (χ1) is 15.8. The molecule has 3 N–H and O–H groups in total. The van der Waals surface area contributed by atoms with Crippen LogP contribution in [0.15, 0.2) is 60.9 Å². The van der Waals surface area contributed by atoms with Crippen molar-refractivity contribution < 1.29 is 5.11 Å². The zero-order chi connectivity index (χ0) is 21.8. The van der Waals surface area contributed by atoms with Crippen LogP contribution in [0.4, 0.5) is 17.5 Å². The number of phenolic OH excluding ortho intramolecular Hbond substituents is 1. The molecule has 4 aromatic rings. The summed E-state index contributed by atoms with van der Waals surface area (Å²) in [6.45, 7) is 0.706. The van der Waals surface area contributed by atoms with Crippen LogP contribution in [0.25, 0.3) is 11.2 Å². The van der Waals surface area contributed by atoms with Crippen LogP contribution in [-0.4, -0.2) is 31.2 Å². The smallest absolute Gasteiger partial charge is 0.231 e. The molecule has 0 aliphatic heterocycles. The van der Waals surface area contributed by atoms with Crippen molar-refractivity contribution >= 4 is 28.6 Å². The number of hydrogen-bond acceptors (Lipinski definition) is 6. The number of para-hydroxylation sites is 1. The van der Waals surface area contributed by atoms with Crippen molar-refractivity contribution in [2.45, 2.75) is 44.6 Å². The standard InChI is InChI=1S/C25H28N6O/c32-21-13-11-18(12-14-21)15-16-26-23-22-24(31(17-27-22)20-9-5-2-6-10-20)30-25(29-23)28-19-7-3-1-4-8-19/h1,3-4,7-8,11-14,17,20,32H,2,5-6,9-10,15-16H2,(H2,26,28,29,30). The third-order valence-electron chi connectivity index (χ3n) is 6.06. The molecule has 1 fully saturated rings. The molecule has 2 aromatic heterocycles. The fourth-order valence-electron chi connectivity index (χ4n) is 4.36. The Morgan fingerprint density at radius 2 is 1.72 bits per heavy atom. The van der Waals surface area contributed by atoms with Gasteiger partial charge < -0.3 is 20.3 Å². The molecule has 2 heterocycles. The second-order valence-corrected chi connectivity index (χ2v) is 8.35. The van der Waals surface area contributed by atoms with Crippen LogP contribution in [0.5, 0.6) is 5.75 Å². The van der Waals surface area contributed by atoms with Gasteiger partial charge >= 0.3 is 0 Å². The first kappa shape index (κ1) is 20.3. The number of nitrogens with zero attached hydrogens (tertiary/aromatic N) is 4. The normalized spacial score (nSPS) is 14.5. The molecule has 5 rings (SSSR count). The highest BCUT2D eigenvalue weighted by atomic mass is 16.3. The lowest BCUT2D eigenvalue weighted by Crippen LogP contribution is -2.13. The van der Waals surface area contributed by atoms with Crippen LogP contribution in [0.2, 0.25) is 0 Å². The molecule has 0 saturated heterocycles. The number of fused-ring (bicyclic) bond motifs is 1. The van der Waals surface area contributed by atoms with Gasteiger partial charge in [-0.1, -0.05) is 49.6 Å². The number of benzene rings is 2. The van der Waals surface area contributed by atoms with Gasteiger partial charge in [0.05, 0.1) is 6.33 Å². The topological polar surface area (TPSA) is 87.9 Å². The Labute approximate surface area is 187 Å². The predicted octanol–water partition coefficient (Wildman–Crippen LogP) is 5.44. The van der Waals surface area contributed by atoms with E-state index in [9.17, 15) is 5.11 Å². The van der Waals surface area contributed by atoms with Gasteiger partial charge in [-0.3, -0.25) is 0 Å². The van der Waals surface area contributed by atoms with Crippen LogP contribution < -0.4 is 10.6 Å². The quantitative estimate of drug-likeness (QED) is 0.363. The summed E-state index contributed by atoms with van der Waals surface area (Å²) in [7, 11) is 0. The van der Waals surface area contributed by atoms with E-state index in [-0.39, 0.29) is 5.75 Å². The van der Waals surface area contributed by atoms with Crippen LogP contribution in [0.3, 0.4) is 0 Å². The van der Waals surface area contributed by atoms with E-state index < -0.39 is 0 Å². The third-order valence-corrected chi connectivity index (χ3v) is 6.06. The maximum absolute atomic E-state index is 9.49. The zero-order valence-corrected chi connectivity index (χ0v) is 18.0. The van der Waals surface area contributed by atoms with Crippen LogP contribution >= 0.6 is 0 Å². The molecule has 7 heteroatoms. The van der Waals surface area contributed by atoms with Crippen molar-refractivity contribution in [2.75, 3.05) is 17.2 Å². The maximum atomic E-state index is 9.49. The number of aromatic nitrogens is 4. The van der Waals surface area contributed by atoms with E-state index in [1.165, 1.54) is 32.1 Å². The van der Waals surface area contributed by atoms with E-state index in [0.29, 0.717) is 18.5 Å². The largest absolute Gasteiger partial charge is 0.508 e. The van der Waals surface area contributed by atoms with Crippen molar-refractivity contribution in [1.82, 2.24) is 19.5 Å². The molecule has 1 aliphatic carbocycles. The van der Waals surface area contributed by atoms with Gasteiger partial charge in [0.15, 0.2) is 17.0 Å². The molecule has 0 unspecified atom stereocenters. The van der Waals surface area contributed by atoms with E-state index in [2.05, 4.69) is 15.2 Å². The van der Waals surface area contributed by atoms with Crippen LogP contribution in [-0.2, 0) is 6.42 Å². The SMILES string of the molecule is Oc1ccc(CCNc2nc(Nc3ccccc3)nc3c2ncn3C2CCCCC2)cc1. The Bertz CT molecular complexity index is 1170. The summed E-state index contributed by atoms with van der Waals surface area (Å²) in [5, 5.41) is 16.3. The van der Waals surface area contributed by atoms with Gasteiger partial charge in [0.2, 0.25) is 5.95 Å². The summed E-state index contributed by atoms with van der Waals surface area (Å²) in [4.78, 5) is 14.3. The number of imidazole rings is 1.